The van der Waals surface area contributed by atoms with Crippen molar-refractivity contribution in [1.82, 2.24) is 0 Å². The van der Waals surface area contributed by atoms with Gasteiger partial charge in [-0.15, -0.1) is 0 Å². The number of nitrogens with two attached hydrogens (primary N) is 1. The van der Waals surface area contributed by atoms with E-state index in [2.05, 4.69) is 6.92 Å². The Morgan fingerprint density at radius 2 is 2.22 bits per heavy atom. The molecule has 0 aliphatic heterocycles. The van der Waals surface area contributed by atoms with E-state index in [1.165, 1.54) is 12.8 Å². The quantitative estimate of drug-likeness (QED) is 0.607. The molecular weight excluding hydrogens is 114 g/mol. The highest BCUT2D eigenvalue weighted by Crippen LogP contribution is 2.01. The first-order chi connectivity index (χ1) is 4.35. The monoisotopic (exact) mass is 131 g/mol. The van der Waals surface area contributed by atoms with Crippen molar-refractivity contribution in [3.8, 4) is 0 Å². The highest BCUT2D eigenvalue weighted by atomic mass is 16.5. The lowest BCUT2D eigenvalue weighted by molar-refractivity contribution is 0.100. The number of hydrogen-bond acceptors (Lipinski definition) is 2. The lowest BCUT2D eigenvalue weighted by Crippen LogP contribution is -2.21. The van der Waals surface area contributed by atoms with E-state index in [0.29, 0.717) is 6.54 Å². The second-order valence-corrected chi connectivity index (χ2v) is 2.24. The predicted molar refractivity (Wildman–Crippen MR) is 39.4 cm³/mol. The van der Waals surface area contributed by atoms with Crippen molar-refractivity contribution >= 4 is 0 Å². The van der Waals surface area contributed by atoms with E-state index in [1.54, 1.807) is 7.11 Å². The Hall–Kier alpha value is -0.0800. The van der Waals surface area contributed by atoms with Crippen LogP contribution in [0.25, 0.3) is 0 Å². The van der Waals surface area contributed by atoms with Crippen molar-refractivity contribution in [1.29, 1.82) is 0 Å². The van der Waals surface area contributed by atoms with E-state index < -0.39 is 0 Å². The first-order valence-corrected chi connectivity index (χ1v) is 3.58. The van der Waals surface area contributed by atoms with Gasteiger partial charge in [0.1, 0.15) is 0 Å². The van der Waals surface area contributed by atoms with E-state index in [9.17, 15) is 0 Å². The van der Waals surface area contributed by atoms with Crippen molar-refractivity contribution in [2.24, 2.45) is 5.73 Å². The smallest absolute Gasteiger partial charge is 0.0693 e. The van der Waals surface area contributed by atoms with Crippen LogP contribution >= 0.6 is 0 Å². The van der Waals surface area contributed by atoms with E-state index in [0.717, 1.165) is 6.42 Å². The molecule has 2 N–H and O–H groups in total. The molecule has 0 saturated heterocycles. The van der Waals surface area contributed by atoms with Gasteiger partial charge in [-0.2, -0.15) is 0 Å². The van der Waals surface area contributed by atoms with Crippen molar-refractivity contribution in [3.63, 3.8) is 0 Å². The summed E-state index contributed by atoms with van der Waals surface area (Å²) in [5.74, 6) is 0. The van der Waals surface area contributed by atoms with E-state index in [4.69, 9.17) is 10.5 Å². The normalized spacial score (nSPS) is 13.7. The maximum atomic E-state index is 5.40. The largest absolute Gasteiger partial charge is 0.380 e. The summed E-state index contributed by atoms with van der Waals surface area (Å²) in [4.78, 5) is 0. The molecule has 2 nitrogen and oxygen atoms in total. The summed E-state index contributed by atoms with van der Waals surface area (Å²) in [6.45, 7) is 2.82. The summed E-state index contributed by atoms with van der Waals surface area (Å²) in [5, 5.41) is 0. The van der Waals surface area contributed by atoms with Gasteiger partial charge in [0.15, 0.2) is 0 Å². The van der Waals surface area contributed by atoms with Crippen LogP contribution in [0.4, 0.5) is 0 Å². The number of methoxy groups -OCH3 is 1. The molecule has 0 aromatic carbocycles. The minimum absolute atomic E-state index is 0.282. The van der Waals surface area contributed by atoms with E-state index in [-0.39, 0.29) is 6.10 Å². The molecule has 0 bridgehead atoms. The highest BCUT2D eigenvalue weighted by Gasteiger charge is 2.01. The highest BCUT2D eigenvalue weighted by molar-refractivity contribution is 4.56. The van der Waals surface area contributed by atoms with Crippen LogP contribution in [0.15, 0.2) is 0 Å². The molecule has 0 amide bonds. The standard InChI is InChI=1S/C7H17NO/c1-3-4-5-7(6-8)9-2/h7H,3-6,8H2,1-2H3. The van der Waals surface area contributed by atoms with Gasteiger partial charge in [-0.25, -0.2) is 0 Å². The topological polar surface area (TPSA) is 35.2 Å². The molecular formula is C7H17NO. The zero-order valence-corrected chi connectivity index (χ0v) is 6.39. The maximum Gasteiger partial charge on any atom is 0.0693 e. The van der Waals surface area contributed by atoms with Crippen molar-refractivity contribution < 1.29 is 4.74 Å². The fourth-order valence-electron chi connectivity index (χ4n) is 0.764. The Morgan fingerprint density at radius 1 is 1.56 bits per heavy atom. The second kappa shape index (κ2) is 6.05. The third-order valence-corrected chi connectivity index (χ3v) is 1.48. The predicted octanol–water partition coefficient (Wildman–Crippen LogP) is 1.15. The summed E-state index contributed by atoms with van der Waals surface area (Å²) < 4.78 is 5.08. The SMILES string of the molecule is CCCCC(CN)OC. The zero-order chi connectivity index (χ0) is 7.11. The van der Waals surface area contributed by atoms with Gasteiger partial charge in [-0.05, 0) is 6.42 Å². The molecule has 2 heteroatoms. The van der Waals surface area contributed by atoms with Crippen LogP contribution in [0.2, 0.25) is 0 Å². The van der Waals surface area contributed by atoms with Gasteiger partial charge in [0.25, 0.3) is 0 Å². The third kappa shape index (κ3) is 4.43. The van der Waals surface area contributed by atoms with Crippen molar-refractivity contribution in [2.45, 2.75) is 32.3 Å². The Morgan fingerprint density at radius 3 is 2.56 bits per heavy atom. The van der Waals surface area contributed by atoms with Crippen LogP contribution in [0.5, 0.6) is 0 Å². The molecule has 0 radical (unpaired) electrons. The molecule has 0 heterocycles. The van der Waals surface area contributed by atoms with Gasteiger partial charge in [0.2, 0.25) is 0 Å². The first-order valence-electron chi connectivity index (χ1n) is 3.58. The van der Waals surface area contributed by atoms with Crippen LogP contribution in [-0.4, -0.2) is 19.8 Å². The lowest BCUT2D eigenvalue weighted by Gasteiger charge is -2.10. The molecule has 56 valence electrons. The summed E-state index contributed by atoms with van der Waals surface area (Å²) in [6, 6.07) is 0. The Balaban J connectivity index is 3.09. The fraction of sp³-hybridized carbons (Fsp3) is 1.00. The second-order valence-electron chi connectivity index (χ2n) is 2.24. The number of unbranched alkanes of at least 4 members (excludes halogenated alkanes) is 1. The minimum atomic E-state index is 0.282. The molecule has 0 fully saturated rings. The third-order valence-electron chi connectivity index (χ3n) is 1.48. The number of hydrogen-bond donors (Lipinski definition) is 1. The molecule has 0 aromatic heterocycles. The van der Waals surface area contributed by atoms with Gasteiger partial charge in [-0.3, -0.25) is 0 Å². The van der Waals surface area contributed by atoms with Crippen LogP contribution < -0.4 is 5.73 Å². The number of ether oxygens (including phenoxy) is 1. The van der Waals surface area contributed by atoms with Gasteiger partial charge < -0.3 is 10.5 Å². The average molecular weight is 131 g/mol. The van der Waals surface area contributed by atoms with Crippen LogP contribution in [0.1, 0.15) is 26.2 Å². The average Bonchev–Trinajstić information content (AvgIpc) is 1.91. The van der Waals surface area contributed by atoms with E-state index in [1.807, 2.05) is 0 Å². The van der Waals surface area contributed by atoms with Gasteiger partial charge in [0, 0.05) is 13.7 Å². The van der Waals surface area contributed by atoms with E-state index >= 15 is 0 Å². The molecule has 0 aliphatic carbocycles. The lowest BCUT2D eigenvalue weighted by atomic mass is 10.2. The molecule has 0 rings (SSSR count). The summed E-state index contributed by atoms with van der Waals surface area (Å²) >= 11 is 0. The van der Waals surface area contributed by atoms with Gasteiger partial charge in [-0.1, -0.05) is 19.8 Å². The Bertz CT molecular complexity index is 52.9. The fourth-order valence-corrected chi connectivity index (χ4v) is 0.764. The summed E-state index contributed by atoms with van der Waals surface area (Å²) in [6.07, 6.45) is 3.82. The van der Waals surface area contributed by atoms with Gasteiger partial charge in [0.05, 0.1) is 6.10 Å². The summed E-state index contributed by atoms with van der Waals surface area (Å²) in [7, 11) is 1.72. The van der Waals surface area contributed by atoms with Gasteiger partial charge >= 0.3 is 0 Å². The molecule has 1 atom stereocenters. The zero-order valence-electron chi connectivity index (χ0n) is 6.39. The Labute approximate surface area is 57.4 Å². The Kier molecular flexibility index (Phi) is 5.99. The van der Waals surface area contributed by atoms with Crippen LogP contribution in [-0.2, 0) is 4.74 Å². The molecule has 0 aliphatic rings. The van der Waals surface area contributed by atoms with Crippen LogP contribution in [0, 0.1) is 0 Å². The molecule has 0 aromatic rings. The molecule has 1 unspecified atom stereocenters. The minimum Gasteiger partial charge on any atom is -0.380 e. The van der Waals surface area contributed by atoms with Crippen molar-refractivity contribution in [3.05, 3.63) is 0 Å². The van der Waals surface area contributed by atoms with Crippen LogP contribution in [0.3, 0.4) is 0 Å². The first kappa shape index (κ1) is 8.92. The summed E-state index contributed by atoms with van der Waals surface area (Å²) in [5.41, 5.74) is 5.40. The maximum absolute atomic E-state index is 5.40. The molecule has 9 heavy (non-hydrogen) atoms. The molecule has 0 spiro atoms. The van der Waals surface area contributed by atoms with Crippen molar-refractivity contribution in [2.75, 3.05) is 13.7 Å². The molecule has 0 saturated carbocycles. The number of rotatable bonds is 5.